The molecule has 2 aromatic rings. The van der Waals surface area contributed by atoms with E-state index in [2.05, 4.69) is 20.9 Å². The van der Waals surface area contributed by atoms with Gasteiger partial charge in [0.15, 0.2) is 16.7 Å². The molecule has 7 heteroatoms. The average molecular weight is 353 g/mol. The molecule has 0 N–H and O–H groups in total. The van der Waals surface area contributed by atoms with Crippen LogP contribution in [0.15, 0.2) is 29.0 Å². The van der Waals surface area contributed by atoms with E-state index in [4.69, 9.17) is 9.47 Å². The molecule has 0 atom stereocenters. The number of rotatable bonds is 5. The minimum Gasteiger partial charge on any atom is -0.496 e. The third-order valence-electron chi connectivity index (χ3n) is 2.96. The molecule has 6 nitrogen and oxygen atoms in total. The lowest BCUT2D eigenvalue weighted by Crippen LogP contribution is -2.14. The van der Waals surface area contributed by atoms with Crippen molar-refractivity contribution >= 4 is 28.2 Å². The summed E-state index contributed by atoms with van der Waals surface area (Å²) in [5, 5.41) is 0. The second-order valence-electron chi connectivity index (χ2n) is 4.12. The minimum atomic E-state index is -0.620. The molecule has 1 heterocycles. The topological polar surface area (TPSA) is 70.4 Å². The van der Waals surface area contributed by atoms with Crippen molar-refractivity contribution < 1.29 is 19.1 Å². The zero-order valence-corrected chi connectivity index (χ0v) is 13.1. The number of aldehydes is 1. The predicted molar refractivity (Wildman–Crippen MR) is 78.8 cm³/mol. The van der Waals surface area contributed by atoms with Gasteiger partial charge in [-0.2, -0.15) is 0 Å². The van der Waals surface area contributed by atoms with Gasteiger partial charge in [-0.1, -0.05) is 18.2 Å². The second kappa shape index (κ2) is 6.53. The molecule has 0 saturated carbocycles. The van der Waals surface area contributed by atoms with E-state index in [1.165, 1.54) is 7.11 Å². The zero-order chi connectivity index (χ0) is 15.4. The molecule has 0 fully saturated rings. The SMILES string of the molecule is COC(=O)c1c(C=O)nc(Br)n1Cc1ccccc1OC. The highest BCUT2D eigenvalue weighted by Crippen LogP contribution is 2.23. The molecule has 0 aliphatic carbocycles. The van der Waals surface area contributed by atoms with Gasteiger partial charge in [0.1, 0.15) is 11.4 Å². The number of carbonyl (C=O) groups excluding carboxylic acids is 2. The van der Waals surface area contributed by atoms with Crippen molar-refractivity contribution in [2.75, 3.05) is 14.2 Å². The highest BCUT2D eigenvalue weighted by atomic mass is 79.9. The molecule has 2 rings (SSSR count). The standard InChI is InChI=1S/C14H13BrN2O4/c1-20-11-6-4-3-5-9(11)7-17-12(13(19)21-2)10(8-18)16-14(17)15/h3-6,8H,7H2,1-2H3. The predicted octanol–water partition coefficient (Wildman–Crippen LogP) is 2.30. The second-order valence-corrected chi connectivity index (χ2v) is 4.83. The number of hydrogen-bond donors (Lipinski definition) is 0. The molecular weight excluding hydrogens is 340 g/mol. The normalized spacial score (nSPS) is 10.2. The Hall–Kier alpha value is -2.15. The first kappa shape index (κ1) is 15.2. The number of imidazole rings is 1. The van der Waals surface area contributed by atoms with Gasteiger partial charge in [0.25, 0.3) is 0 Å². The third kappa shape index (κ3) is 2.97. The minimum absolute atomic E-state index is 0.0311. The lowest BCUT2D eigenvalue weighted by atomic mass is 10.2. The third-order valence-corrected chi connectivity index (χ3v) is 3.56. The van der Waals surface area contributed by atoms with Gasteiger partial charge >= 0.3 is 5.97 Å². The molecule has 0 aliphatic rings. The Labute approximate surface area is 129 Å². The molecule has 21 heavy (non-hydrogen) atoms. The Morgan fingerprint density at radius 2 is 2.10 bits per heavy atom. The summed E-state index contributed by atoms with van der Waals surface area (Å²) in [7, 11) is 2.82. The fourth-order valence-corrected chi connectivity index (χ4v) is 2.48. The summed E-state index contributed by atoms with van der Waals surface area (Å²) >= 11 is 3.25. The number of aromatic nitrogens is 2. The largest absolute Gasteiger partial charge is 0.496 e. The van der Waals surface area contributed by atoms with Crippen LogP contribution in [0.3, 0.4) is 0 Å². The Morgan fingerprint density at radius 3 is 2.71 bits per heavy atom. The molecule has 0 bridgehead atoms. The lowest BCUT2D eigenvalue weighted by molar-refractivity contribution is 0.0586. The quantitative estimate of drug-likeness (QED) is 0.609. The number of esters is 1. The fraction of sp³-hybridized carbons (Fsp3) is 0.214. The van der Waals surface area contributed by atoms with E-state index in [9.17, 15) is 9.59 Å². The van der Waals surface area contributed by atoms with Crippen molar-refractivity contribution in [2.45, 2.75) is 6.54 Å². The maximum Gasteiger partial charge on any atom is 0.357 e. The first-order chi connectivity index (χ1) is 10.1. The Morgan fingerprint density at radius 1 is 1.38 bits per heavy atom. The monoisotopic (exact) mass is 352 g/mol. The van der Waals surface area contributed by atoms with Gasteiger partial charge in [-0.15, -0.1) is 0 Å². The number of nitrogens with zero attached hydrogens (tertiary/aromatic N) is 2. The van der Waals surface area contributed by atoms with Crippen molar-refractivity contribution in [3.63, 3.8) is 0 Å². The van der Waals surface area contributed by atoms with Crippen LogP contribution in [0.2, 0.25) is 0 Å². The molecule has 0 radical (unpaired) electrons. The lowest BCUT2D eigenvalue weighted by Gasteiger charge is -2.11. The molecule has 0 aliphatic heterocycles. The average Bonchev–Trinajstić information content (AvgIpc) is 2.83. The van der Waals surface area contributed by atoms with E-state index in [0.29, 0.717) is 23.3 Å². The number of halogens is 1. The Bertz CT molecular complexity index is 682. The van der Waals surface area contributed by atoms with Crippen LogP contribution >= 0.6 is 15.9 Å². The number of benzene rings is 1. The fourth-order valence-electron chi connectivity index (χ4n) is 1.99. The van der Waals surface area contributed by atoms with E-state index >= 15 is 0 Å². The van der Waals surface area contributed by atoms with Gasteiger partial charge in [0.05, 0.1) is 20.8 Å². The summed E-state index contributed by atoms with van der Waals surface area (Å²) in [6, 6.07) is 7.40. The van der Waals surface area contributed by atoms with Crippen LogP contribution in [0.25, 0.3) is 0 Å². The van der Waals surface area contributed by atoms with Crippen molar-refractivity contribution in [2.24, 2.45) is 0 Å². The van der Waals surface area contributed by atoms with Gasteiger partial charge in [0, 0.05) is 5.56 Å². The number of hydrogen-bond acceptors (Lipinski definition) is 5. The number of carbonyl (C=O) groups is 2. The number of para-hydroxylation sites is 1. The highest BCUT2D eigenvalue weighted by molar-refractivity contribution is 9.10. The van der Waals surface area contributed by atoms with E-state index in [-0.39, 0.29) is 11.4 Å². The van der Waals surface area contributed by atoms with Crippen molar-refractivity contribution in [1.29, 1.82) is 0 Å². The van der Waals surface area contributed by atoms with Crippen molar-refractivity contribution in [3.05, 3.63) is 46.0 Å². The molecular formula is C14H13BrN2O4. The van der Waals surface area contributed by atoms with E-state index in [1.54, 1.807) is 11.7 Å². The van der Waals surface area contributed by atoms with Gasteiger partial charge in [0.2, 0.25) is 0 Å². The first-order valence-electron chi connectivity index (χ1n) is 6.03. The molecule has 0 saturated heterocycles. The first-order valence-corrected chi connectivity index (χ1v) is 6.83. The van der Waals surface area contributed by atoms with Crippen molar-refractivity contribution in [1.82, 2.24) is 9.55 Å². The van der Waals surface area contributed by atoms with Crippen LogP contribution < -0.4 is 4.74 Å². The van der Waals surface area contributed by atoms with Crippen LogP contribution in [-0.4, -0.2) is 36.0 Å². The maximum absolute atomic E-state index is 11.9. The highest BCUT2D eigenvalue weighted by Gasteiger charge is 2.23. The van der Waals surface area contributed by atoms with Crippen molar-refractivity contribution in [3.8, 4) is 5.75 Å². The molecule has 0 amide bonds. The van der Waals surface area contributed by atoms with E-state index < -0.39 is 5.97 Å². The number of ether oxygens (including phenoxy) is 2. The van der Waals surface area contributed by atoms with Crippen LogP contribution in [0.5, 0.6) is 5.75 Å². The Balaban J connectivity index is 2.51. The molecule has 0 spiro atoms. The van der Waals surface area contributed by atoms with Crippen LogP contribution in [0.4, 0.5) is 0 Å². The van der Waals surface area contributed by atoms with Crippen LogP contribution in [-0.2, 0) is 11.3 Å². The molecule has 0 unspecified atom stereocenters. The Kier molecular flexibility index (Phi) is 4.74. The number of methoxy groups -OCH3 is 2. The maximum atomic E-state index is 11.9. The van der Waals surface area contributed by atoms with E-state index in [1.807, 2.05) is 24.3 Å². The summed E-state index contributed by atoms with van der Waals surface area (Å²) in [5.41, 5.74) is 0.981. The summed E-state index contributed by atoms with van der Waals surface area (Å²) < 4.78 is 11.9. The summed E-state index contributed by atoms with van der Waals surface area (Å²) in [4.78, 5) is 27.0. The van der Waals surface area contributed by atoms with Gasteiger partial charge in [-0.3, -0.25) is 4.79 Å². The zero-order valence-electron chi connectivity index (χ0n) is 11.5. The summed E-state index contributed by atoms with van der Waals surface area (Å²) in [6.45, 7) is 0.315. The molecule has 1 aromatic heterocycles. The van der Waals surface area contributed by atoms with Crippen LogP contribution in [0, 0.1) is 0 Å². The van der Waals surface area contributed by atoms with Gasteiger partial charge < -0.3 is 14.0 Å². The smallest absolute Gasteiger partial charge is 0.357 e. The van der Waals surface area contributed by atoms with Gasteiger partial charge in [-0.05, 0) is 22.0 Å². The van der Waals surface area contributed by atoms with Gasteiger partial charge in [-0.25, -0.2) is 9.78 Å². The van der Waals surface area contributed by atoms with E-state index in [0.717, 1.165) is 5.56 Å². The van der Waals surface area contributed by atoms with Crippen LogP contribution in [0.1, 0.15) is 26.5 Å². The molecule has 1 aromatic carbocycles. The molecule has 110 valence electrons. The summed E-state index contributed by atoms with van der Waals surface area (Å²) in [5.74, 6) is 0.0618. The summed E-state index contributed by atoms with van der Waals surface area (Å²) in [6.07, 6.45) is 0.524.